The maximum Gasteiger partial charge on any atom is 0.253 e. The summed E-state index contributed by atoms with van der Waals surface area (Å²) in [7, 11) is 0. The van der Waals surface area contributed by atoms with E-state index in [2.05, 4.69) is 5.32 Å². The Morgan fingerprint density at radius 2 is 1.52 bits per heavy atom. The molecule has 1 aliphatic rings. The number of nitrogens with one attached hydrogen (secondary N) is 1. The largest absolute Gasteiger partial charge is 0.354 e. The van der Waals surface area contributed by atoms with Gasteiger partial charge in [0.1, 0.15) is 11.6 Å². The van der Waals surface area contributed by atoms with Gasteiger partial charge in [0, 0.05) is 30.6 Å². The summed E-state index contributed by atoms with van der Waals surface area (Å²) in [6.45, 7) is 4.36. The van der Waals surface area contributed by atoms with Crippen LogP contribution in [0.2, 0.25) is 0 Å². The maximum absolute atomic E-state index is 13.3. The zero-order valence-electron chi connectivity index (χ0n) is 15.3. The van der Waals surface area contributed by atoms with Crippen molar-refractivity contribution >= 4 is 11.8 Å². The van der Waals surface area contributed by atoms with Gasteiger partial charge in [0.05, 0.1) is 5.92 Å². The lowest BCUT2D eigenvalue weighted by molar-refractivity contribution is -0.125. The van der Waals surface area contributed by atoms with Gasteiger partial charge in [0.15, 0.2) is 0 Å². The molecule has 2 unspecified atom stereocenters. The molecule has 0 aromatic heterocycles. The summed E-state index contributed by atoms with van der Waals surface area (Å²) >= 11 is 0. The van der Waals surface area contributed by atoms with E-state index in [4.69, 9.17) is 0 Å². The molecule has 0 saturated carbocycles. The van der Waals surface area contributed by atoms with Gasteiger partial charge in [-0.2, -0.15) is 0 Å². The molecule has 6 heteroatoms. The summed E-state index contributed by atoms with van der Waals surface area (Å²) in [4.78, 5) is 27.1. The Morgan fingerprint density at radius 1 is 0.963 bits per heavy atom. The molecule has 2 aromatic rings. The first-order chi connectivity index (χ1) is 12.8. The zero-order valence-corrected chi connectivity index (χ0v) is 15.3. The predicted octanol–water partition coefficient (Wildman–Crippen LogP) is 3.35. The fraction of sp³-hybridized carbons (Fsp3) is 0.333. The van der Waals surface area contributed by atoms with Crippen LogP contribution in [0.1, 0.15) is 35.7 Å². The van der Waals surface area contributed by atoms with Gasteiger partial charge in [0.2, 0.25) is 5.91 Å². The van der Waals surface area contributed by atoms with Crippen molar-refractivity contribution in [1.82, 2.24) is 10.2 Å². The number of rotatable bonds is 4. The average molecular weight is 372 g/mol. The normalized spacial score (nSPS) is 19.4. The minimum Gasteiger partial charge on any atom is -0.354 e. The minimum atomic E-state index is -0.428. The number of amides is 2. The lowest BCUT2D eigenvalue weighted by Crippen LogP contribution is -2.39. The highest BCUT2D eigenvalue weighted by atomic mass is 19.1. The smallest absolute Gasteiger partial charge is 0.253 e. The molecule has 0 radical (unpaired) electrons. The van der Waals surface area contributed by atoms with Crippen LogP contribution in [0.25, 0.3) is 0 Å². The topological polar surface area (TPSA) is 49.4 Å². The van der Waals surface area contributed by atoms with Crippen LogP contribution in [0, 0.1) is 17.6 Å². The number of halogens is 2. The number of carbonyl (C=O) groups is 2. The van der Waals surface area contributed by atoms with E-state index < -0.39 is 11.7 Å². The van der Waals surface area contributed by atoms with Crippen LogP contribution in [0.4, 0.5) is 8.78 Å². The van der Waals surface area contributed by atoms with Gasteiger partial charge in [-0.05, 0) is 55.8 Å². The van der Waals surface area contributed by atoms with Crippen molar-refractivity contribution < 1.29 is 18.4 Å². The Morgan fingerprint density at radius 3 is 2.07 bits per heavy atom. The minimum absolute atomic E-state index is 0.0202. The third-order valence-electron chi connectivity index (χ3n) is 4.76. The number of likely N-dealkylation sites (tertiary alicyclic amines) is 1. The Bertz CT molecular complexity index is 819. The Hall–Kier alpha value is -2.76. The molecule has 1 aliphatic heterocycles. The number of carbonyl (C=O) groups excluding carboxylic acids is 2. The highest BCUT2D eigenvalue weighted by Crippen LogP contribution is 2.34. The van der Waals surface area contributed by atoms with Gasteiger partial charge in [-0.3, -0.25) is 9.59 Å². The van der Waals surface area contributed by atoms with Gasteiger partial charge in [-0.1, -0.05) is 12.1 Å². The van der Waals surface area contributed by atoms with Gasteiger partial charge in [-0.25, -0.2) is 8.78 Å². The Labute approximate surface area is 157 Å². The SMILES string of the molecule is CC(C)NC(=O)C1CN(C(=O)c2ccc(F)cc2)CC1c1ccc(F)cc1. The van der Waals surface area contributed by atoms with E-state index >= 15 is 0 Å². The lowest BCUT2D eigenvalue weighted by atomic mass is 9.88. The monoisotopic (exact) mass is 372 g/mol. The maximum atomic E-state index is 13.3. The molecule has 0 bridgehead atoms. The molecular weight excluding hydrogens is 350 g/mol. The molecule has 142 valence electrons. The molecule has 2 amide bonds. The Balaban J connectivity index is 1.86. The lowest BCUT2D eigenvalue weighted by Gasteiger charge is -2.19. The predicted molar refractivity (Wildman–Crippen MR) is 98.2 cm³/mol. The Kier molecular flexibility index (Phi) is 5.54. The van der Waals surface area contributed by atoms with Gasteiger partial charge in [-0.15, -0.1) is 0 Å². The second kappa shape index (κ2) is 7.86. The molecule has 1 N–H and O–H groups in total. The summed E-state index contributed by atoms with van der Waals surface area (Å²) in [6, 6.07) is 11.4. The van der Waals surface area contributed by atoms with Crippen molar-refractivity contribution in [2.24, 2.45) is 5.92 Å². The van der Waals surface area contributed by atoms with Crippen LogP contribution in [0.3, 0.4) is 0 Å². The van der Waals surface area contributed by atoms with E-state index in [1.807, 2.05) is 13.8 Å². The molecular formula is C21H22F2N2O2. The first-order valence-electron chi connectivity index (χ1n) is 8.96. The summed E-state index contributed by atoms with van der Waals surface area (Å²) in [5.74, 6) is -1.79. The third-order valence-corrected chi connectivity index (χ3v) is 4.76. The van der Waals surface area contributed by atoms with E-state index in [-0.39, 0.29) is 36.1 Å². The van der Waals surface area contributed by atoms with Crippen molar-refractivity contribution in [3.05, 3.63) is 71.3 Å². The highest BCUT2D eigenvalue weighted by molar-refractivity contribution is 5.95. The number of hydrogen-bond acceptors (Lipinski definition) is 2. The van der Waals surface area contributed by atoms with Crippen molar-refractivity contribution in [1.29, 1.82) is 0 Å². The summed E-state index contributed by atoms with van der Waals surface area (Å²) in [5, 5.41) is 2.90. The van der Waals surface area contributed by atoms with Crippen LogP contribution in [-0.2, 0) is 4.79 Å². The molecule has 4 nitrogen and oxygen atoms in total. The average Bonchev–Trinajstić information content (AvgIpc) is 3.07. The van der Waals surface area contributed by atoms with Gasteiger partial charge in [0.25, 0.3) is 5.91 Å². The molecule has 1 fully saturated rings. The molecule has 3 rings (SSSR count). The molecule has 2 aromatic carbocycles. The number of benzene rings is 2. The molecule has 1 heterocycles. The van der Waals surface area contributed by atoms with Gasteiger partial charge >= 0.3 is 0 Å². The van der Waals surface area contributed by atoms with Crippen LogP contribution in [-0.4, -0.2) is 35.8 Å². The van der Waals surface area contributed by atoms with Crippen LogP contribution in [0.5, 0.6) is 0 Å². The van der Waals surface area contributed by atoms with Crippen molar-refractivity contribution in [2.45, 2.75) is 25.8 Å². The third kappa shape index (κ3) is 4.32. The molecule has 27 heavy (non-hydrogen) atoms. The van der Waals surface area contributed by atoms with Crippen LogP contribution < -0.4 is 5.32 Å². The van der Waals surface area contributed by atoms with Crippen LogP contribution in [0.15, 0.2) is 48.5 Å². The molecule has 2 atom stereocenters. The summed E-state index contributed by atoms with van der Waals surface area (Å²) in [6.07, 6.45) is 0. The quantitative estimate of drug-likeness (QED) is 0.895. The summed E-state index contributed by atoms with van der Waals surface area (Å²) in [5.41, 5.74) is 1.19. The van der Waals surface area contributed by atoms with Gasteiger partial charge < -0.3 is 10.2 Å². The second-order valence-electron chi connectivity index (χ2n) is 7.14. The molecule has 0 aliphatic carbocycles. The standard InChI is InChI=1S/C21H22F2N2O2/c1-13(2)24-20(26)19-12-25(21(27)15-5-9-17(23)10-6-15)11-18(19)14-3-7-16(22)8-4-14/h3-10,13,18-19H,11-12H2,1-2H3,(H,24,26). The first-order valence-corrected chi connectivity index (χ1v) is 8.96. The van der Waals surface area contributed by atoms with Crippen molar-refractivity contribution in [2.75, 3.05) is 13.1 Å². The van der Waals surface area contributed by atoms with E-state index in [0.717, 1.165) is 5.56 Å². The fourth-order valence-electron chi connectivity index (χ4n) is 3.45. The molecule has 0 spiro atoms. The van der Waals surface area contributed by atoms with E-state index in [0.29, 0.717) is 12.1 Å². The fourth-order valence-corrected chi connectivity index (χ4v) is 3.45. The first kappa shape index (κ1) is 19.0. The second-order valence-corrected chi connectivity index (χ2v) is 7.14. The van der Waals surface area contributed by atoms with E-state index in [9.17, 15) is 18.4 Å². The highest BCUT2D eigenvalue weighted by Gasteiger charge is 2.40. The molecule has 1 saturated heterocycles. The summed E-state index contributed by atoms with van der Waals surface area (Å²) < 4.78 is 26.4. The van der Waals surface area contributed by atoms with E-state index in [1.165, 1.54) is 36.4 Å². The van der Waals surface area contributed by atoms with Crippen LogP contribution >= 0.6 is 0 Å². The van der Waals surface area contributed by atoms with E-state index in [1.54, 1.807) is 17.0 Å². The number of hydrogen-bond donors (Lipinski definition) is 1. The zero-order chi connectivity index (χ0) is 19.6. The van der Waals surface area contributed by atoms with Crippen molar-refractivity contribution in [3.63, 3.8) is 0 Å². The van der Waals surface area contributed by atoms with Crippen molar-refractivity contribution in [3.8, 4) is 0 Å². The number of nitrogens with zero attached hydrogens (tertiary/aromatic N) is 1.